The molecule has 2 aromatic heterocycles. The van der Waals surface area contributed by atoms with E-state index in [1.165, 1.54) is 4.57 Å². The molecule has 0 bridgehead atoms. The number of fused-ring (bicyclic) bond motifs is 1. The molecule has 44 heavy (non-hydrogen) atoms. The number of aromatic nitrogens is 4. The molecule has 2 saturated heterocycles. The standard InChI is InChI=1S/C30H39F2N7O5/c31-27(32)28-34-23-3-1-2-4-24(23)39(28)25-17-26(36-30(35-25)38-11-15-43-16-12-38)44-22-7-5-20(6-8-22)29(41)33-18-21(40)19-37-9-13-42-14-10-37/h1-4,17,20-22,27,40H,5-16,18-19H2,(H,33,41). The van der Waals surface area contributed by atoms with Gasteiger partial charge in [0.05, 0.1) is 43.6 Å². The van der Waals surface area contributed by atoms with Crippen LogP contribution in [0.2, 0.25) is 0 Å². The number of anilines is 1. The highest BCUT2D eigenvalue weighted by atomic mass is 19.3. The second kappa shape index (κ2) is 14.1. The molecule has 3 aliphatic rings. The van der Waals surface area contributed by atoms with Crippen LogP contribution in [0.15, 0.2) is 30.3 Å². The Morgan fingerprint density at radius 2 is 1.70 bits per heavy atom. The predicted molar refractivity (Wildman–Crippen MR) is 157 cm³/mol. The quantitative estimate of drug-likeness (QED) is 0.351. The first kappa shape index (κ1) is 30.6. The number of ether oxygens (including phenoxy) is 3. The fraction of sp³-hybridized carbons (Fsp3) is 0.600. The summed E-state index contributed by atoms with van der Waals surface area (Å²) in [7, 11) is 0. The molecule has 1 amide bonds. The Morgan fingerprint density at radius 1 is 1.00 bits per heavy atom. The van der Waals surface area contributed by atoms with Crippen molar-refractivity contribution in [2.75, 3.05) is 70.6 Å². The van der Waals surface area contributed by atoms with Crippen molar-refractivity contribution in [3.05, 3.63) is 36.2 Å². The van der Waals surface area contributed by atoms with Gasteiger partial charge in [0, 0.05) is 51.3 Å². The van der Waals surface area contributed by atoms with Crippen molar-refractivity contribution in [2.24, 2.45) is 5.92 Å². The number of aliphatic hydroxyl groups excluding tert-OH is 1. The minimum atomic E-state index is -2.81. The van der Waals surface area contributed by atoms with Crippen LogP contribution in [-0.4, -0.2) is 113 Å². The van der Waals surface area contributed by atoms with Gasteiger partial charge in [0.15, 0.2) is 5.82 Å². The van der Waals surface area contributed by atoms with Gasteiger partial charge in [-0.25, -0.2) is 13.8 Å². The van der Waals surface area contributed by atoms with E-state index < -0.39 is 18.4 Å². The van der Waals surface area contributed by atoms with E-state index in [-0.39, 0.29) is 36.2 Å². The fourth-order valence-electron chi connectivity index (χ4n) is 6.04. The Bertz CT molecular complexity index is 1410. The predicted octanol–water partition coefficient (Wildman–Crippen LogP) is 2.34. The number of carbonyl (C=O) groups excluding carboxylic acids is 1. The van der Waals surface area contributed by atoms with Crippen molar-refractivity contribution in [1.82, 2.24) is 29.7 Å². The second-order valence-electron chi connectivity index (χ2n) is 11.5. The molecule has 238 valence electrons. The number of hydrogen-bond acceptors (Lipinski definition) is 10. The summed E-state index contributed by atoms with van der Waals surface area (Å²) < 4.78 is 46.8. The van der Waals surface area contributed by atoms with Crippen LogP contribution in [0.3, 0.4) is 0 Å². The van der Waals surface area contributed by atoms with E-state index in [9.17, 15) is 18.7 Å². The van der Waals surface area contributed by atoms with Crippen LogP contribution in [0.5, 0.6) is 5.88 Å². The third kappa shape index (κ3) is 7.25. The number of nitrogens with one attached hydrogen (secondary N) is 1. The van der Waals surface area contributed by atoms with E-state index in [2.05, 4.69) is 25.2 Å². The van der Waals surface area contributed by atoms with Crippen LogP contribution < -0.4 is 15.0 Å². The lowest BCUT2D eigenvalue weighted by Crippen LogP contribution is -2.45. The average molecular weight is 616 g/mol. The lowest BCUT2D eigenvalue weighted by molar-refractivity contribution is -0.127. The van der Waals surface area contributed by atoms with E-state index >= 15 is 0 Å². The number of benzene rings is 1. The van der Waals surface area contributed by atoms with E-state index in [1.807, 2.05) is 4.90 Å². The molecule has 1 saturated carbocycles. The van der Waals surface area contributed by atoms with Crippen LogP contribution >= 0.6 is 0 Å². The number of morpholine rings is 2. The van der Waals surface area contributed by atoms with Gasteiger partial charge < -0.3 is 29.5 Å². The molecule has 14 heteroatoms. The zero-order valence-electron chi connectivity index (χ0n) is 24.6. The van der Waals surface area contributed by atoms with Crippen LogP contribution in [0.25, 0.3) is 16.9 Å². The minimum Gasteiger partial charge on any atom is -0.474 e. The highest BCUT2D eigenvalue weighted by Gasteiger charge is 2.29. The van der Waals surface area contributed by atoms with Gasteiger partial charge in [-0.05, 0) is 37.8 Å². The van der Waals surface area contributed by atoms with E-state index in [4.69, 9.17) is 14.2 Å². The molecule has 1 unspecified atom stereocenters. The first-order valence-corrected chi connectivity index (χ1v) is 15.3. The highest BCUT2D eigenvalue weighted by Crippen LogP contribution is 2.32. The summed E-state index contributed by atoms with van der Waals surface area (Å²) in [6.45, 7) is 5.75. The van der Waals surface area contributed by atoms with Crippen molar-refractivity contribution >= 4 is 22.9 Å². The van der Waals surface area contributed by atoms with Crippen molar-refractivity contribution in [2.45, 2.75) is 44.3 Å². The molecule has 1 aromatic carbocycles. The SMILES string of the molecule is O=C(NCC(O)CN1CCOCC1)C1CCC(Oc2cc(-n3c(C(F)F)nc4ccccc43)nc(N3CCOCC3)n2)CC1. The maximum Gasteiger partial charge on any atom is 0.296 e. The lowest BCUT2D eigenvalue weighted by atomic mass is 9.86. The zero-order chi connectivity index (χ0) is 30.5. The van der Waals surface area contributed by atoms with Gasteiger partial charge in [-0.2, -0.15) is 9.97 Å². The van der Waals surface area contributed by atoms with E-state index in [0.29, 0.717) is 88.7 Å². The topological polar surface area (TPSA) is 127 Å². The minimum absolute atomic E-state index is 0.0603. The van der Waals surface area contributed by atoms with Crippen LogP contribution in [0.1, 0.15) is 37.9 Å². The normalized spacial score (nSPS) is 22.3. The van der Waals surface area contributed by atoms with Crippen LogP contribution in [-0.2, 0) is 14.3 Å². The third-order valence-corrected chi connectivity index (χ3v) is 8.40. The molecule has 1 aliphatic carbocycles. The molecule has 3 aromatic rings. The Balaban J connectivity index is 1.13. The molecule has 0 spiro atoms. The molecule has 2 N–H and O–H groups in total. The first-order valence-electron chi connectivity index (χ1n) is 15.3. The van der Waals surface area contributed by atoms with Crippen molar-refractivity contribution in [1.29, 1.82) is 0 Å². The maximum absolute atomic E-state index is 14.1. The molecule has 4 heterocycles. The van der Waals surface area contributed by atoms with Gasteiger partial charge in [0.1, 0.15) is 11.9 Å². The van der Waals surface area contributed by atoms with Gasteiger partial charge in [0.2, 0.25) is 17.7 Å². The number of rotatable bonds is 10. The van der Waals surface area contributed by atoms with E-state index in [0.717, 1.165) is 13.1 Å². The number of imidazole rings is 1. The summed E-state index contributed by atoms with van der Waals surface area (Å²) in [5, 5.41) is 13.3. The van der Waals surface area contributed by atoms with Crippen LogP contribution in [0, 0.1) is 5.92 Å². The Hall–Kier alpha value is -3.46. The molecule has 1 atom stereocenters. The Kier molecular flexibility index (Phi) is 9.79. The van der Waals surface area contributed by atoms with Gasteiger partial charge >= 0.3 is 0 Å². The van der Waals surface area contributed by atoms with Gasteiger partial charge in [-0.1, -0.05) is 12.1 Å². The number of β-amino-alcohol motifs (C(OH)–C–C–N with tert-alkyl or cyclic N) is 1. The molecule has 6 rings (SSSR count). The number of halogens is 2. The molecular weight excluding hydrogens is 576 g/mol. The van der Waals surface area contributed by atoms with Crippen LogP contribution in [0.4, 0.5) is 14.7 Å². The number of alkyl halides is 2. The zero-order valence-corrected chi connectivity index (χ0v) is 24.6. The van der Waals surface area contributed by atoms with Crippen molar-refractivity contribution in [3.8, 4) is 11.7 Å². The number of carbonyl (C=O) groups is 1. The third-order valence-electron chi connectivity index (χ3n) is 8.40. The maximum atomic E-state index is 14.1. The number of nitrogens with zero attached hydrogens (tertiary/aromatic N) is 6. The second-order valence-corrected chi connectivity index (χ2v) is 11.5. The number of amides is 1. The monoisotopic (exact) mass is 615 g/mol. The lowest BCUT2D eigenvalue weighted by Gasteiger charge is -2.30. The summed E-state index contributed by atoms with van der Waals surface area (Å²) in [5.74, 6) is 0.293. The number of hydrogen-bond donors (Lipinski definition) is 2. The summed E-state index contributed by atoms with van der Waals surface area (Å²) in [6, 6.07) is 8.54. The van der Waals surface area contributed by atoms with Gasteiger partial charge in [0.25, 0.3) is 6.43 Å². The number of para-hydroxylation sites is 2. The highest BCUT2D eigenvalue weighted by molar-refractivity contribution is 5.79. The Morgan fingerprint density at radius 3 is 2.43 bits per heavy atom. The summed E-state index contributed by atoms with van der Waals surface area (Å²) in [6.07, 6.45) is -1.11. The van der Waals surface area contributed by atoms with Gasteiger partial charge in [-0.15, -0.1) is 0 Å². The summed E-state index contributed by atoms with van der Waals surface area (Å²) >= 11 is 0. The molecule has 0 radical (unpaired) electrons. The average Bonchev–Trinajstić information content (AvgIpc) is 3.45. The Labute approximate surface area is 254 Å². The molecule has 3 fully saturated rings. The largest absolute Gasteiger partial charge is 0.474 e. The number of aliphatic hydroxyl groups is 1. The summed E-state index contributed by atoms with van der Waals surface area (Å²) in [5.41, 5.74) is 0.962. The van der Waals surface area contributed by atoms with Crippen molar-refractivity contribution < 1.29 is 32.9 Å². The van der Waals surface area contributed by atoms with Gasteiger partial charge in [-0.3, -0.25) is 14.3 Å². The smallest absolute Gasteiger partial charge is 0.296 e. The molecular formula is C30H39F2N7O5. The summed E-state index contributed by atoms with van der Waals surface area (Å²) in [4.78, 5) is 30.5. The molecule has 2 aliphatic heterocycles. The van der Waals surface area contributed by atoms with Crippen molar-refractivity contribution in [3.63, 3.8) is 0 Å². The van der Waals surface area contributed by atoms with E-state index in [1.54, 1.807) is 30.3 Å². The molecule has 12 nitrogen and oxygen atoms in total. The fourth-order valence-corrected chi connectivity index (χ4v) is 6.04. The first-order chi connectivity index (χ1) is 21.4.